The Kier molecular flexibility index (Phi) is 5.56. The van der Waals surface area contributed by atoms with Crippen LogP contribution in [0.15, 0.2) is 0 Å². The first-order valence-corrected chi connectivity index (χ1v) is 5.43. The second kappa shape index (κ2) is 6.79. The van der Waals surface area contributed by atoms with Crippen LogP contribution in [0.3, 0.4) is 0 Å². The van der Waals surface area contributed by atoms with Gasteiger partial charge in [-0.2, -0.15) is 0 Å². The number of nitrogens with zero attached hydrogens (tertiary/aromatic N) is 1. The quantitative estimate of drug-likeness (QED) is 0.658. The largest absolute Gasteiger partial charge is 0.395 e. The molecule has 0 aromatic carbocycles. The average Bonchev–Trinajstić information content (AvgIpc) is 2.17. The second-order valence-electron chi connectivity index (χ2n) is 3.76. The van der Waals surface area contributed by atoms with Crippen LogP contribution in [-0.4, -0.2) is 48.7 Å². The van der Waals surface area contributed by atoms with E-state index in [1.807, 2.05) is 4.90 Å². The van der Waals surface area contributed by atoms with Gasteiger partial charge >= 0.3 is 0 Å². The molecule has 0 bridgehead atoms. The summed E-state index contributed by atoms with van der Waals surface area (Å²) in [6.45, 7) is 2.89. The van der Waals surface area contributed by atoms with Crippen LogP contribution in [0, 0.1) is 0 Å². The number of β-amino-alcohol motifs (C(OH)–C–C–N with tert-alkyl or cyclic N) is 1. The fourth-order valence-electron chi connectivity index (χ4n) is 1.71. The fraction of sp³-hybridized carbons (Fsp3) is 0.900. The molecule has 1 rings (SSSR count). The van der Waals surface area contributed by atoms with Gasteiger partial charge in [-0.25, -0.2) is 0 Å². The highest BCUT2D eigenvalue weighted by Gasteiger charge is 2.10. The molecule has 2 N–H and O–H groups in total. The number of nitrogens with one attached hydrogen (secondary N) is 1. The zero-order chi connectivity index (χ0) is 10.2. The van der Waals surface area contributed by atoms with E-state index in [-0.39, 0.29) is 12.5 Å². The Balaban J connectivity index is 2.35. The van der Waals surface area contributed by atoms with Crippen LogP contribution in [0.4, 0.5) is 0 Å². The lowest BCUT2D eigenvalue weighted by Crippen LogP contribution is -2.40. The van der Waals surface area contributed by atoms with Gasteiger partial charge in [-0.15, -0.1) is 0 Å². The van der Waals surface area contributed by atoms with E-state index in [9.17, 15) is 4.79 Å². The summed E-state index contributed by atoms with van der Waals surface area (Å²) in [7, 11) is 0. The second-order valence-corrected chi connectivity index (χ2v) is 3.76. The highest BCUT2D eigenvalue weighted by atomic mass is 16.3. The van der Waals surface area contributed by atoms with E-state index < -0.39 is 0 Å². The van der Waals surface area contributed by atoms with Gasteiger partial charge in [-0.3, -0.25) is 9.69 Å². The smallest absolute Gasteiger partial charge is 0.234 e. The van der Waals surface area contributed by atoms with Crippen LogP contribution in [0.25, 0.3) is 0 Å². The molecule has 0 aliphatic carbocycles. The van der Waals surface area contributed by atoms with Crippen molar-refractivity contribution in [3.8, 4) is 0 Å². The predicted molar refractivity (Wildman–Crippen MR) is 55.0 cm³/mol. The molecule has 1 fully saturated rings. The van der Waals surface area contributed by atoms with Crippen molar-refractivity contribution in [2.75, 3.05) is 32.8 Å². The third-order valence-electron chi connectivity index (χ3n) is 2.51. The van der Waals surface area contributed by atoms with Gasteiger partial charge in [0.25, 0.3) is 0 Å². The minimum absolute atomic E-state index is 0.0837. The Morgan fingerprint density at radius 3 is 2.86 bits per heavy atom. The minimum atomic E-state index is 0.0837. The van der Waals surface area contributed by atoms with Gasteiger partial charge in [-0.1, -0.05) is 12.8 Å². The Labute approximate surface area is 85.3 Å². The maximum absolute atomic E-state index is 11.4. The lowest BCUT2D eigenvalue weighted by molar-refractivity contribution is -0.122. The van der Waals surface area contributed by atoms with E-state index in [1.54, 1.807) is 0 Å². The molecule has 4 heteroatoms. The maximum atomic E-state index is 11.4. The molecular formula is C10H20N2O2. The number of aliphatic hydroxyl groups excluding tert-OH is 1. The maximum Gasteiger partial charge on any atom is 0.234 e. The Bertz CT molecular complexity index is 174. The van der Waals surface area contributed by atoms with Gasteiger partial charge in [0.1, 0.15) is 0 Å². The monoisotopic (exact) mass is 200 g/mol. The van der Waals surface area contributed by atoms with E-state index in [2.05, 4.69) is 5.32 Å². The summed E-state index contributed by atoms with van der Waals surface area (Å²) in [6, 6.07) is 0. The third-order valence-corrected chi connectivity index (χ3v) is 2.51. The van der Waals surface area contributed by atoms with Crippen LogP contribution in [0.5, 0.6) is 0 Å². The molecule has 4 nitrogen and oxygen atoms in total. The van der Waals surface area contributed by atoms with Crippen molar-refractivity contribution in [3.63, 3.8) is 0 Å². The van der Waals surface area contributed by atoms with Crippen molar-refractivity contribution in [2.45, 2.75) is 25.7 Å². The van der Waals surface area contributed by atoms with Gasteiger partial charge in [-0.05, 0) is 19.4 Å². The molecule has 1 aliphatic heterocycles. The number of hydrogen-bond acceptors (Lipinski definition) is 3. The molecule has 14 heavy (non-hydrogen) atoms. The zero-order valence-electron chi connectivity index (χ0n) is 8.67. The first-order valence-electron chi connectivity index (χ1n) is 5.43. The third kappa shape index (κ3) is 4.58. The molecule has 0 spiro atoms. The molecule has 1 saturated heterocycles. The number of aliphatic hydroxyl groups is 1. The molecule has 0 saturated carbocycles. The molecule has 82 valence electrons. The summed E-state index contributed by atoms with van der Waals surface area (Å²) >= 11 is 0. The van der Waals surface area contributed by atoms with Gasteiger partial charge in [0, 0.05) is 13.1 Å². The predicted octanol–water partition coefficient (Wildman–Crippen LogP) is -0.0291. The van der Waals surface area contributed by atoms with Crippen molar-refractivity contribution in [1.29, 1.82) is 0 Å². The molecule has 0 unspecified atom stereocenters. The Morgan fingerprint density at radius 1 is 1.29 bits per heavy atom. The lowest BCUT2D eigenvalue weighted by atomic mass is 10.1. The van der Waals surface area contributed by atoms with Crippen LogP contribution >= 0.6 is 0 Å². The highest BCUT2D eigenvalue weighted by molar-refractivity contribution is 5.77. The zero-order valence-corrected chi connectivity index (χ0v) is 8.67. The Morgan fingerprint density at radius 2 is 2.07 bits per heavy atom. The number of amides is 1. The van der Waals surface area contributed by atoms with Crippen LogP contribution in [0.2, 0.25) is 0 Å². The van der Waals surface area contributed by atoms with Gasteiger partial charge in [0.2, 0.25) is 5.91 Å². The summed E-state index contributed by atoms with van der Waals surface area (Å²) < 4.78 is 0. The highest BCUT2D eigenvalue weighted by Crippen LogP contribution is 2.03. The van der Waals surface area contributed by atoms with Crippen molar-refractivity contribution in [2.24, 2.45) is 0 Å². The standard InChI is InChI=1S/C10H20N2O2/c13-8-7-12-6-4-2-1-3-5-11-10(14)9-12/h13H,1-9H2,(H,11,14). The van der Waals surface area contributed by atoms with Crippen molar-refractivity contribution >= 4 is 5.91 Å². The van der Waals surface area contributed by atoms with Gasteiger partial charge < -0.3 is 10.4 Å². The van der Waals surface area contributed by atoms with Crippen LogP contribution < -0.4 is 5.32 Å². The number of carbonyl (C=O) groups is 1. The summed E-state index contributed by atoms with van der Waals surface area (Å²) in [4.78, 5) is 13.4. The Hall–Kier alpha value is -0.610. The van der Waals surface area contributed by atoms with Crippen molar-refractivity contribution in [3.05, 3.63) is 0 Å². The number of hydrogen-bond donors (Lipinski definition) is 2. The number of rotatable bonds is 2. The minimum Gasteiger partial charge on any atom is -0.395 e. The normalized spacial score (nSPS) is 21.6. The summed E-state index contributed by atoms with van der Waals surface area (Å²) in [6.07, 6.45) is 4.63. The molecule has 1 aliphatic rings. The van der Waals surface area contributed by atoms with E-state index in [0.717, 1.165) is 25.9 Å². The first-order chi connectivity index (χ1) is 6.83. The topological polar surface area (TPSA) is 52.6 Å². The molecule has 0 radical (unpaired) electrons. The number of carbonyl (C=O) groups excluding carboxylic acids is 1. The molecule has 0 atom stereocenters. The SMILES string of the molecule is O=C1CN(CCO)CCCCCCN1. The molecule has 1 heterocycles. The van der Waals surface area contributed by atoms with E-state index in [1.165, 1.54) is 12.8 Å². The van der Waals surface area contributed by atoms with Crippen molar-refractivity contribution < 1.29 is 9.90 Å². The van der Waals surface area contributed by atoms with Crippen LogP contribution in [-0.2, 0) is 4.79 Å². The van der Waals surface area contributed by atoms with Crippen molar-refractivity contribution in [1.82, 2.24) is 10.2 Å². The summed E-state index contributed by atoms with van der Waals surface area (Å²) in [5.41, 5.74) is 0. The van der Waals surface area contributed by atoms with Gasteiger partial charge in [0.15, 0.2) is 0 Å². The molecule has 1 amide bonds. The lowest BCUT2D eigenvalue weighted by Gasteiger charge is -2.21. The van der Waals surface area contributed by atoms with E-state index in [0.29, 0.717) is 13.1 Å². The summed E-state index contributed by atoms with van der Waals surface area (Å²) in [5, 5.41) is 11.7. The van der Waals surface area contributed by atoms with Crippen LogP contribution in [0.1, 0.15) is 25.7 Å². The van der Waals surface area contributed by atoms with E-state index >= 15 is 0 Å². The molecule has 0 aromatic heterocycles. The average molecular weight is 200 g/mol. The molecular weight excluding hydrogens is 180 g/mol. The molecule has 0 aromatic rings. The fourth-order valence-corrected chi connectivity index (χ4v) is 1.71. The van der Waals surface area contributed by atoms with Gasteiger partial charge in [0.05, 0.1) is 13.2 Å². The van der Waals surface area contributed by atoms with E-state index in [4.69, 9.17) is 5.11 Å². The summed E-state index contributed by atoms with van der Waals surface area (Å²) in [5.74, 6) is 0.0837. The first kappa shape index (κ1) is 11.5.